The molecule has 0 saturated heterocycles. The number of hydrogen-bond donors (Lipinski definition) is 3. The number of aliphatic carboxylic acids is 1. The molecule has 1 aromatic rings. The van der Waals surface area contributed by atoms with Crippen molar-refractivity contribution in [1.82, 2.24) is 6.15 Å². The van der Waals surface area contributed by atoms with Gasteiger partial charge in [-0.2, -0.15) is 0 Å². The number of rotatable bonds is 2. The Bertz CT molecular complexity index is 284. The zero-order chi connectivity index (χ0) is 9.14. The van der Waals surface area contributed by atoms with Gasteiger partial charge in [0.2, 0.25) is 0 Å². The third-order valence-corrected chi connectivity index (χ3v) is 1.43. The molecule has 0 fully saturated rings. The summed E-state index contributed by atoms with van der Waals surface area (Å²) in [5.74, 6) is -1.54. The van der Waals surface area contributed by atoms with Crippen molar-refractivity contribution < 1.29 is 25.6 Å². The predicted molar refractivity (Wildman–Crippen MR) is 47.7 cm³/mol. The van der Waals surface area contributed by atoms with Crippen LogP contribution >= 0.6 is 0 Å². The maximum atomic E-state index is 10.2. The SMILES string of the molecule is O.O=C([O-])C(O)c1ccc(O)cc1.[NH4+]. The predicted octanol–water partition coefficient (Wildman–Crippen LogP) is -1.27. The van der Waals surface area contributed by atoms with Crippen molar-refractivity contribution >= 4 is 5.97 Å². The molecule has 0 saturated carbocycles. The largest absolute Gasteiger partial charge is 0.547 e. The van der Waals surface area contributed by atoms with Crippen LogP contribution in [0.1, 0.15) is 11.7 Å². The first-order valence-electron chi connectivity index (χ1n) is 3.29. The highest BCUT2D eigenvalue weighted by Gasteiger charge is 2.06. The molecule has 6 heteroatoms. The zero-order valence-electron chi connectivity index (χ0n) is 7.60. The summed E-state index contributed by atoms with van der Waals surface area (Å²) in [4.78, 5) is 10.2. The molecule has 0 spiro atoms. The number of phenols is 1. The van der Waals surface area contributed by atoms with Crippen LogP contribution in [0.25, 0.3) is 0 Å². The van der Waals surface area contributed by atoms with Gasteiger partial charge in [-0.05, 0) is 17.7 Å². The normalized spacial score (nSPS) is 10.6. The van der Waals surface area contributed by atoms with Crippen LogP contribution in [0.3, 0.4) is 0 Å². The van der Waals surface area contributed by atoms with Crippen molar-refractivity contribution in [3.05, 3.63) is 29.8 Å². The van der Waals surface area contributed by atoms with Crippen LogP contribution in [-0.4, -0.2) is 21.7 Å². The highest BCUT2D eigenvalue weighted by molar-refractivity contribution is 5.71. The number of aromatic hydroxyl groups is 1. The Balaban J connectivity index is 0. The molecule has 1 unspecified atom stereocenters. The van der Waals surface area contributed by atoms with Gasteiger partial charge in [-0.15, -0.1) is 0 Å². The molecule has 0 aliphatic rings. The lowest BCUT2D eigenvalue weighted by Crippen LogP contribution is -2.29. The van der Waals surface area contributed by atoms with E-state index in [1.165, 1.54) is 24.3 Å². The van der Waals surface area contributed by atoms with Gasteiger partial charge >= 0.3 is 0 Å². The van der Waals surface area contributed by atoms with Crippen molar-refractivity contribution in [2.75, 3.05) is 0 Å². The molecule has 1 aromatic carbocycles. The van der Waals surface area contributed by atoms with Gasteiger partial charge in [0.15, 0.2) is 0 Å². The van der Waals surface area contributed by atoms with Crippen molar-refractivity contribution in [2.45, 2.75) is 6.10 Å². The maximum Gasteiger partial charge on any atom is 0.118 e. The summed E-state index contributed by atoms with van der Waals surface area (Å²) in [6.07, 6.45) is -1.63. The third kappa shape index (κ3) is 3.40. The lowest BCUT2D eigenvalue weighted by atomic mass is 10.1. The molecule has 0 radical (unpaired) electrons. The van der Waals surface area contributed by atoms with Gasteiger partial charge in [0.05, 0.1) is 5.97 Å². The molecule has 0 heterocycles. The Labute approximate surface area is 80.3 Å². The first-order valence-corrected chi connectivity index (χ1v) is 3.29. The zero-order valence-corrected chi connectivity index (χ0v) is 7.60. The Kier molecular flexibility index (Phi) is 6.29. The van der Waals surface area contributed by atoms with E-state index in [0.29, 0.717) is 0 Å². The minimum atomic E-state index is -1.63. The van der Waals surface area contributed by atoms with Gasteiger partial charge in [0.1, 0.15) is 11.9 Å². The standard InChI is InChI=1S/C8H8O4.H3N.H2O/c9-6-3-1-5(2-4-6)7(10)8(11)12;;/h1-4,7,9-10H,(H,11,12);1H3;1H2. The van der Waals surface area contributed by atoms with Gasteiger partial charge in [0.25, 0.3) is 0 Å². The molecule has 8 N–H and O–H groups in total. The number of carbonyl (C=O) groups is 1. The molecule has 1 rings (SSSR count). The van der Waals surface area contributed by atoms with Crippen LogP contribution in [0, 0.1) is 0 Å². The molecule has 0 bridgehead atoms. The molecule has 6 nitrogen and oxygen atoms in total. The fraction of sp³-hybridized carbons (Fsp3) is 0.125. The van der Waals surface area contributed by atoms with E-state index in [-0.39, 0.29) is 22.9 Å². The van der Waals surface area contributed by atoms with E-state index in [1.54, 1.807) is 0 Å². The first kappa shape index (κ1) is 14.9. The van der Waals surface area contributed by atoms with Gasteiger partial charge in [-0.25, -0.2) is 0 Å². The molecule has 14 heavy (non-hydrogen) atoms. The minimum Gasteiger partial charge on any atom is -0.547 e. The number of carboxylic acid groups (broad SMARTS) is 1. The molecule has 0 aliphatic carbocycles. The summed E-state index contributed by atoms with van der Waals surface area (Å²) in [6, 6.07) is 5.22. The summed E-state index contributed by atoms with van der Waals surface area (Å²) < 4.78 is 0. The Morgan fingerprint density at radius 2 is 1.71 bits per heavy atom. The number of phenolic OH excluding ortho intramolecular Hbond substituents is 1. The van der Waals surface area contributed by atoms with Crippen LogP contribution in [0.2, 0.25) is 0 Å². The van der Waals surface area contributed by atoms with Gasteiger partial charge in [-0.3, -0.25) is 0 Å². The van der Waals surface area contributed by atoms with E-state index < -0.39 is 12.1 Å². The average molecular weight is 203 g/mol. The number of quaternary nitrogens is 1. The Hall–Kier alpha value is -1.63. The number of hydrogen-bond acceptors (Lipinski definition) is 4. The van der Waals surface area contributed by atoms with E-state index in [0.717, 1.165) is 0 Å². The fourth-order valence-electron chi connectivity index (χ4n) is 0.793. The Morgan fingerprint density at radius 1 is 1.29 bits per heavy atom. The summed E-state index contributed by atoms with van der Waals surface area (Å²) in [5.41, 5.74) is 0.188. The highest BCUT2D eigenvalue weighted by Crippen LogP contribution is 2.15. The van der Waals surface area contributed by atoms with E-state index >= 15 is 0 Å². The highest BCUT2D eigenvalue weighted by atomic mass is 16.4. The van der Waals surface area contributed by atoms with E-state index in [9.17, 15) is 9.90 Å². The number of aliphatic hydroxyl groups excluding tert-OH is 1. The number of carbonyl (C=O) groups excluding carboxylic acids is 1. The summed E-state index contributed by atoms with van der Waals surface area (Å²) in [6.45, 7) is 0. The molecule has 80 valence electrons. The molecule has 0 amide bonds. The summed E-state index contributed by atoms with van der Waals surface area (Å²) in [7, 11) is 0. The minimum absolute atomic E-state index is 0. The molecular formula is C8H13NO5. The first-order chi connectivity index (χ1) is 5.61. The quantitative estimate of drug-likeness (QED) is 0.549. The van der Waals surface area contributed by atoms with E-state index in [1.807, 2.05) is 0 Å². The second-order valence-corrected chi connectivity index (χ2v) is 2.31. The van der Waals surface area contributed by atoms with E-state index in [2.05, 4.69) is 0 Å². The lowest BCUT2D eigenvalue weighted by Gasteiger charge is -2.10. The Morgan fingerprint density at radius 3 is 2.07 bits per heavy atom. The second kappa shape index (κ2) is 5.92. The van der Waals surface area contributed by atoms with Crippen LogP contribution < -0.4 is 11.3 Å². The van der Waals surface area contributed by atoms with Gasteiger partial charge < -0.3 is 31.7 Å². The lowest BCUT2D eigenvalue weighted by molar-refractivity contribution is -0.315. The third-order valence-electron chi connectivity index (χ3n) is 1.43. The van der Waals surface area contributed by atoms with E-state index in [4.69, 9.17) is 10.2 Å². The smallest absolute Gasteiger partial charge is 0.118 e. The van der Waals surface area contributed by atoms with Crippen LogP contribution in [0.15, 0.2) is 24.3 Å². The van der Waals surface area contributed by atoms with Crippen LogP contribution in [-0.2, 0) is 4.79 Å². The van der Waals surface area contributed by atoms with Crippen LogP contribution in [0.5, 0.6) is 5.75 Å². The van der Waals surface area contributed by atoms with Crippen molar-refractivity contribution in [3.63, 3.8) is 0 Å². The maximum absolute atomic E-state index is 10.2. The topological polar surface area (TPSA) is 149 Å². The number of aliphatic hydroxyl groups is 1. The number of carboxylic acids is 1. The molecule has 0 aliphatic heterocycles. The fourth-order valence-corrected chi connectivity index (χ4v) is 0.793. The summed E-state index contributed by atoms with van der Waals surface area (Å²) >= 11 is 0. The second-order valence-electron chi connectivity index (χ2n) is 2.31. The molecule has 0 aromatic heterocycles. The van der Waals surface area contributed by atoms with Crippen molar-refractivity contribution in [2.24, 2.45) is 0 Å². The number of benzene rings is 1. The van der Waals surface area contributed by atoms with Crippen molar-refractivity contribution in [3.8, 4) is 5.75 Å². The van der Waals surface area contributed by atoms with Gasteiger partial charge in [-0.1, -0.05) is 12.1 Å². The molecule has 1 atom stereocenters. The van der Waals surface area contributed by atoms with Crippen LogP contribution in [0.4, 0.5) is 0 Å². The monoisotopic (exact) mass is 203 g/mol. The average Bonchev–Trinajstić information content (AvgIpc) is 2.04. The summed E-state index contributed by atoms with van der Waals surface area (Å²) in [5, 5.41) is 27.9. The van der Waals surface area contributed by atoms with Crippen molar-refractivity contribution in [1.29, 1.82) is 0 Å². The van der Waals surface area contributed by atoms with Gasteiger partial charge in [0, 0.05) is 0 Å². The molecular weight excluding hydrogens is 190 g/mol.